The fourth-order valence-corrected chi connectivity index (χ4v) is 2.54. The molecule has 1 aliphatic carbocycles. The molecule has 2 rings (SSSR count). The zero-order valence-corrected chi connectivity index (χ0v) is 11.4. The molecule has 2 atom stereocenters. The summed E-state index contributed by atoms with van der Waals surface area (Å²) in [5, 5.41) is 3.27. The van der Waals surface area contributed by atoms with Gasteiger partial charge < -0.3 is 10.2 Å². The number of rotatable bonds is 4. The first-order chi connectivity index (χ1) is 8.08. The summed E-state index contributed by atoms with van der Waals surface area (Å²) in [5.41, 5.74) is 0. The van der Waals surface area contributed by atoms with Gasteiger partial charge in [0.1, 0.15) is 0 Å². The third-order valence-electron chi connectivity index (χ3n) is 3.58. The van der Waals surface area contributed by atoms with Gasteiger partial charge in [0, 0.05) is 18.0 Å². The highest BCUT2D eigenvalue weighted by Crippen LogP contribution is 2.30. The van der Waals surface area contributed by atoms with Gasteiger partial charge in [-0.3, -0.25) is 4.79 Å². The molecule has 2 aliphatic rings. The Morgan fingerprint density at radius 3 is 2.56 bits per heavy atom. The number of carbonyl (C=O) groups is 1. The second-order valence-electron chi connectivity index (χ2n) is 5.19. The van der Waals surface area contributed by atoms with Crippen molar-refractivity contribution in [1.29, 1.82) is 0 Å². The lowest BCUT2D eigenvalue weighted by Gasteiger charge is -2.32. The molecule has 0 aromatic rings. The first-order valence-corrected chi connectivity index (χ1v) is 6.40. The SMILES string of the molecule is C[C@H]1C[C@@H](C(=O)N(CC(F)F)C2CC2)CCN1.Cl. The van der Waals surface area contributed by atoms with Crippen molar-refractivity contribution in [2.45, 2.75) is 51.1 Å². The average Bonchev–Trinajstić information content (AvgIpc) is 3.08. The van der Waals surface area contributed by atoms with Crippen molar-refractivity contribution in [2.24, 2.45) is 5.92 Å². The molecular weight excluding hydrogens is 262 g/mol. The van der Waals surface area contributed by atoms with E-state index in [4.69, 9.17) is 0 Å². The molecule has 0 aromatic carbocycles. The highest BCUT2D eigenvalue weighted by atomic mass is 35.5. The number of halogens is 3. The zero-order valence-electron chi connectivity index (χ0n) is 10.6. The molecule has 1 heterocycles. The topological polar surface area (TPSA) is 32.3 Å². The molecule has 0 unspecified atom stereocenters. The van der Waals surface area contributed by atoms with Gasteiger partial charge in [0.25, 0.3) is 6.43 Å². The Labute approximate surface area is 113 Å². The van der Waals surface area contributed by atoms with E-state index in [0.29, 0.717) is 6.04 Å². The van der Waals surface area contributed by atoms with E-state index >= 15 is 0 Å². The number of carbonyl (C=O) groups excluding carboxylic acids is 1. The van der Waals surface area contributed by atoms with Crippen LogP contribution in [0.3, 0.4) is 0 Å². The van der Waals surface area contributed by atoms with Gasteiger partial charge in [0.2, 0.25) is 5.91 Å². The Bertz CT molecular complexity index is 287. The standard InChI is InChI=1S/C12H20F2N2O.ClH/c1-8-6-9(4-5-15-8)12(17)16(7-11(13)14)10-2-3-10;/h8-11,15H,2-7H2,1H3;1H/t8-,9-;/m0./s1. The van der Waals surface area contributed by atoms with Crippen LogP contribution < -0.4 is 5.32 Å². The number of amides is 1. The third kappa shape index (κ3) is 4.05. The van der Waals surface area contributed by atoms with Crippen molar-refractivity contribution in [3.63, 3.8) is 0 Å². The van der Waals surface area contributed by atoms with Crippen LogP contribution in [0.1, 0.15) is 32.6 Å². The molecule has 0 bridgehead atoms. The summed E-state index contributed by atoms with van der Waals surface area (Å²) in [4.78, 5) is 13.6. The second kappa shape index (κ2) is 6.66. The Hall–Kier alpha value is -0.420. The van der Waals surface area contributed by atoms with E-state index in [0.717, 1.165) is 32.2 Å². The number of hydrogen-bond donors (Lipinski definition) is 1. The molecule has 1 saturated carbocycles. The van der Waals surface area contributed by atoms with E-state index in [1.807, 2.05) is 6.92 Å². The van der Waals surface area contributed by atoms with Crippen molar-refractivity contribution in [1.82, 2.24) is 10.2 Å². The van der Waals surface area contributed by atoms with Crippen molar-refractivity contribution < 1.29 is 13.6 Å². The monoisotopic (exact) mass is 282 g/mol. The van der Waals surface area contributed by atoms with Gasteiger partial charge >= 0.3 is 0 Å². The van der Waals surface area contributed by atoms with Gasteiger partial charge in [0.05, 0.1) is 6.54 Å². The highest BCUT2D eigenvalue weighted by molar-refractivity contribution is 5.85. The van der Waals surface area contributed by atoms with E-state index in [9.17, 15) is 13.6 Å². The van der Waals surface area contributed by atoms with Crippen molar-refractivity contribution in [3.8, 4) is 0 Å². The minimum absolute atomic E-state index is 0. The Balaban J connectivity index is 0.00000162. The first-order valence-electron chi connectivity index (χ1n) is 6.40. The molecule has 0 radical (unpaired) electrons. The number of piperidine rings is 1. The third-order valence-corrected chi connectivity index (χ3v) is 3.58. The summed E-state index contributed by atoms with van der Waals surface area (Å²) < 4.78 is 24.9. The lowest BCUT2D eigenvalue weighted by Crippen LogP contribution is -2.46. The number of nitrogens with one attached hydrogen (secondary N) is 1. The van der Waals surface area contributed by atoms with Crippen molar-refractivity contribution >= 4 is 18.3 Å². The van der Waals surface area contributed by atoms with Crippen LogP contribution in [0.25, 0.3) is 0 Å². The summed E-state index contributed by atoms with van der Waals surface area (Å²) >= 11 is 0. The zero-order chi connectivity index (χ0) is 12.4. The molecule has 3 nitrogen and oxygen atoms in total. The fraction of sp³-hybridized carbons (Fsp3) is 0.917. The van der Waals surface area contributed by atoms with Gasteiger partial charge in [-0.1, -0.05) is 0 Å². The second-order valence-corrected chi connectivity index (χ2v) is 5.19. The normalized spacial score (nSPS) is 27.8. The molecule has 18 heavy (non-hydrogen) atoms. The molecule has 0 aromatic heterocycles. The average molecular weight is 283 g/mol. The number of nitrogens with zero attached hydrogens (tertiary/aromatic N) is 1. The molecule has 106 valence electrons. The first kappa shape index (κ1) is 15.6. The molecule has 1 N–H and O–H groups in total. The molecule has 0 spiro atoms. The van der Waals surface area contributed by atoms with E-state index < -0.39 is 6.43 Å². The maximum absolute atomic E-state index is 12.5. The maximum atomic E-state index is 12.5. The Morgan fingerprint density at radius 2 is 2.06 bits per heavy atom. The van der Waals surface area contributed by atoms with E-state index in [2.05, 4.69) is 5.32 Å². The van der Waals surface area contributed by atoms with E-state index in [1.165, 1.54) is 4.90 Å². The summed E-state index contributed by atoms with van der Waals surface area (Å²) in [6.45, 7) is 2.46. The van der Waals surface area contributed by atoms with Gasteiger partial charge in [-0.15, -0.1) is 12.4 Å². The van der Waals surface area contributed by atoms with Crippen LogP contribution in [0.4, 0.5) is 8.78 Å². The van der Waals surface area contributed by atoms with Crippen LogP contribution in [0, 0.1) is 5.92 Å². The van der Waals surface area contributed by atoms with E-state index in [-0.39, 0.29) is 36.8 Å². The van der Waals surface area contributed by atoms with Crippen LogP contribution >= 0.6 is 12.4 Å². The van der Waals surface area contributed by atoms with Crippen molar-refractivity contribution in [2.75, 3.05) is 13.1 Å². The maximum Gasteiger partial charge on any atom is 0.255 e. The lowest BCUT2D eigenvalue weighted by molar-refractivity contribution is -0.139. The van der Waals surface area contributed by atoms with Crippen molar-refractivity contribution in [3.05, 3.63) is 0 Å². The summed E-state index contributed by atoms with van der Waals surface area (Å²) in [5.74, 6) is -0.119. The van der Waals surface area contributed by atoms with Crippen LogP contribution in [0.5, 0.6) is 0 Å². The van der Waals surface area contributed by atoms with E-state index in [1.54, 1.807) is 0 Å². The van der Waals surface area contributed by atoms with Crippen LogP contribution in [-0.4, -0.2) is 42.4 Å². The van der Waals surface area contributed by atoms with Gasteiger partial charge in [-0.25, -0.2) is 8.78 Å². The van der Waals surface area contributed by atoms with Crippen LogP contribution in [0.15, 0.2) is 0 Å². The fourth-order valence-electron chi connectivity index (χ4n) is 2.54. The smallest absolute Gasteiger partial charge is 0.255 e. The number of hydrogen-bond acceptors (Lipinski definition) is 2. The minimum atomic E-state index is -2.42. The lowest BCUT2D eigenvalue weighted by atomic mass is 9.92. The molecular formula is C12H21ClF2N2O. The Kier molecular flexibility index (Phi) is 5.79. The Morgan fingerprint density at radius 1 is 1.39 bits per heavy atom. The predicted octanol–water partition coefficient (Wildman–Crippen LogP) is 2.05. The summed E-state index contributed by atoms with van der Waals surface area (Å²) in [6, 6.07) is 0.395. The van der Waals surface area contributed by atoms with Gasteiger partial charge in [-0.05, 0) is 39.2 Å². The van der Waals surface area contributed by atoms with Crippen LogP contribution in [0.2, 0.25) is 0 Å². The minimum Gasteiger partial charge on any atom is -0.334 e. The molecule has 1 aliphatic heterocycles. The summed E-state index contributed by atoms with van der Waals surface area (Å²) in [7, 11) is 0. The van der Waals surface area contributed by atoms with Crippen LogP contribution in [-0.2, 0) is 4.79 Å². The molecule has 1 saturated heterocycles. The molecule has 2 fully saturated rings. The highest BCUT2D eigenvalue weighted by Gasteiger charge is 2.38. The molecule has 1 amide bonds. The molecule has 6 heteroatoms. The van der Waals surface area contributed by atoms with Gasteiger partial charge in [0.15, 0.2) is 0 Å². The van der Waals surface area contributed by atoms with Gasteiger partial charge in [-0.2, -0.15) is 0 Å². The quantitative estimate of drug-likeness (QED) is 0.856. The predicted molar refractivity (Wildman–Crippen MR) is 68.2 cm³/mol. The summed E-state index contributed by atoms with van der Waals surface area (Å²) in [6.07, 6.45) is 0.900. The number of alkyl halides is 2. The largest absolute Gasteiger partial charge is 0.334 e.